The number of ether oxygens (including phenoxy) is 1. The molecule has 0 bridgehead atoms. The third kappa shape index (κ3) is 2.55. The molecule has 0 atom stereocenters. The number of rotatable bonds is 3. The van der Waals surface area contributed by atoms with E-state index in [0.29, 0.717) is 10.9 Å². The van der Waals surface area contributed by atoms with E-state index in [2.05, 4.69) is 4.98 Å². The van der Waals surface area contributed by atoms with Crippen molar-refractivity contribution in [3.63, 3.8) is 0 Å². The van der Waals surface area contributed by atoms with Crippen LogP contribution in [0.1, 0.15) is 5.56 Å². The molecule has 2 N–H and O–H groups in total. The molecule has 0 unspecified atom stereocenters. The smallest absolute Gasteiger partial charge is 0.219 e. The lowest BCUT2D eigenvalue weighted by Gasteiger charge is -2.05. The lowest BCUT2D eigenvalue weighted by Crippen LogP contribution is -2.09. The molecule has 0 aliphatic heterocycles. The van der Waals surface area contributed by atoms with Gasteiger partial charge in [0.05, 0.1) is 0 Å². The first kappa shape index (κ1) is 10.6. The van der Waals surface area contributed by atoms with Gasteiger partial charge in [-0.05, 0) is 18.2 Å². The highest BCUT2D eigenvalue weighted by atomic mass is 32.1. The zero-order valence-corrected chi connectivity index (χ0v) is 9.28. The van der Waals surface area contributed by atoms with Crippen molar-refractivity contribution in [1.29, 1.82) is 0 Å². The topological polar surface area (TPSA) is 48.1 Å². The van der Waals surface area contributed by atoms with Gasteiger partial charge in [0.25, 0.3) is 0 Å². The molecular formula is C12H10N2OS. The van der Waals surface area contributed by atoms with Crippen LogP contribution in [-0.2, 0) is 0 Å². The molecule has 4 heteroatoms. The van der Waals surface area contributed by atoms with E-state index in [1.807, 2.05) is 30.3 Å². The van der Waals surface area contributed by atoms with E-state index in [-0.39, 0.29) is 0 Å². The minimum absolute atomic E-state index is 0.334. The summed E-state index contributed by atoms with van der Waals surface area (Å²) in [5.74, 6) is 1.21. The summed E-state index contributed by atoms with van der Waals surface area (Å²) < 4.78 is 5.54. The van der Waals surface area contributed by atoms with Gasteiger partial charge < -0.3 is 10.5 Å². The van der Waals surface area contributed by atoms with Crippen LogP contribution in [0.2, 0.25) is 0 Å². The predicted molar refractivity (Wildman–Crippen MR) is 66.6 cm³/mol. The van der Waals surface area contributed by atoms with Gasteiger partial charge in [0.2, 0.25) is 5.88 Å². The summed E-state index contributed by atoms with van der Waals surface area (Å²) in [6, 6.07) is 12.9. The average molecular weight is 230 g/mol. The second kappa shape index (κ2) is 4.72. The largest absolute Gasteiger partial charge is 0.439 e. The van der Waals surface area contributed by atoms with Gasteiger partial charge in [-0.2, -0.15) is 0 Å². The van der Waals surface area contributed by atoms with Gasteiger partial charge in [-0.15, -0.1) is 0 Å². The molecule has 0 spiro atoms. The standard InChI is InChI=1S/C12H10N2OS/c13-12(16)9-6-7-14-11(8-9)15-10-4-2-1-3-5-10/h1-8H,(H2,13,16). The molecule has 2 rings (SSSR count). The van der Waals surface area contributed by atoms with E-state index >= 15 is 0 Å². The van der Waals surface area contributed by atoms with Crippen molar-refractivity contribution in [3.8, 4) is 11.6 Å². The highest BCUT2D eigenvalue weighted by molar-refractivity contribution is 7.80. The Morgan fingerprint density at radius 1 is 1.19 bits per heavy atom. The van der Waals surface area contributed by atoms with Crippen LogP contribution in [0.25, 0.3) is 0 Å². The van der Waals surface area contributed by atoms with E-state index in [1.54, 1.807) is 18.3 Å². The van der Waals surface area contributed by atoms with Gasteiger partial charge in [0.15, 0.2) is 0 Å². The van der Waals surface area contributed by atoms with Crippen molar-refractivity contribution >= 4 is 17.2 Å². The van der Waals surface area contributed by atoms with Crippen LogP contribution in [0.5, 0.6) is 11.6 Å². The number of aromatic nitrogens is 1. The Labute approximate surface area is 98.9 Å². The van der Waals surface area contributed by atoms with Crippen LogP contribution in [0.4, 0.5) is 0 Å². The van der Waals surface area contributed by atoms with Crippen molar-refractivity contribution in [3.05, 3.63) is 54.2 Å². The number of nitrogens with zero attached hydrogens (tertiary/aromatic N) is 1. The highest BCUT2D eigenvalue weighted by Gasteiger charge is 2.01. The van der Waals surface area contributed by atoms with Gasteiger partial charge >= 0.3 is 0 Å². The third-order valence-electron chi connectivity index (χ3n) is 1.98. The quantitative estimate of drug-likeness (QED) is 0.823. The Bertz CT molecular complexity index is 499. The Hall–Kier alpha value is -1.94. The summed E-state index contributed by atoms with van der Waals surface area (Å²) in [7, 11) is 0. The maximum absolute atomic E-state index is 5.54. The molecule has 1 heterocycles. The van der Waals surface area contributed by atoms with Crippen LogP contribution in [-0.4, -0.2) is 9.97 Å². The summed E-state index contributed by atoms with van der Waals surface area (Å²) in [4.78, 5) is 4.41. The molecule has 2 aromatic rings. The molecule has 0 radical (unpaired) electrons. The van der Waals surface area contributed by atoms with E-state index < -0.39 is 0 Å². The highest BCUT2D eigenvalue weighted by Crippen LogP contribution is 2.19. The van der Waals surface area contributed by atoms with E-state index in [1.165, 1.54) is 0 Å². The number of benzene rings is 1. The zero-order chi connectivity index (χ0) is 11.4. The zero-order valence-electron chi connectivity index (χ0n) is 8.46. The fourth-order valence-electron chi connectivity index (χ4n) is 1.23. The van der Waals surface area contributed by atoms with Crippen LogP contribution < -0.4 is 10.5 Å². The molecule has 0 amide bonds. The number of thiocarbonyl (C=S) groups is 1. The normalized spacial score (nSPS) is 9.75. The van der Waals surface area contributed by atoms with Crippen LogP contribution >= 0.6 is 12.2 Å². The summed E-state index contributed by atoms with van der Waals surface area (Å²) in [5, 5.41) is 0. The maximum atomic E-state index is 5.54. The fraction of sp³-hybridized carbons (Fsp3) is 0. The SMILES string of the molecule is NC(=S)c1ccnc(Oc2ccccc2)c1. The molecule has 1 aromatic heterocycles. The summed E-state index contributed by atoms with van der Waals surface area (Å²) in [6.07, 6.45) is 1.62. The van der Waals surface area contributed by atoms with Crippen molar-refractivity contribution in [2.75, 3.05) is 0 Å². The number of pyridine rings is 1. The first-order valence-electron chi connectivity index (χ1n) is 4.74. The Balaban J connectivity index is 2.22. The predicted octanol–water partition coefficient (Wildman–Crippen LogP) is 2.51. The van der Waals surface area contributed by atoms with Gasteiger partial charge in [0, 0.05) is 17.8 Å². The Kier molecular flexibility index (Phi) is 3.12. The number of hydrogen-bond donors (Lipinski definition) is 1. The van der Waals surface area contributed by atoms with Crippen molar-refractivity contribution < 1.29 is 4.74 Å². The van der Waals surface area contributed by atoms with Gasteiger partial charge in [-0.3, -0.25) is 0 Å². The van der Waals surface area contributed by atoms with Crippen molar-refractivity contribution in [2.24, 2.45) is 5.73 Å². The van der Waals surface area contributed by atoms with Crippen LogP contribution in [0, 0.1) is 0 Å². The van der Waals surface area contributed by atoms with E-state index in [9.17, 15) is 0 Å². The minimum Gasteiger partial charge on any atom is -0.439 e. The molecule has 3 nitrogen and oxygen atoms in total. The molecule has 0 fully saturated rings. The van der Waals surface area contributed by atoms with Crippen LogP contribution in [0.15, 0.2) is 48.7 Å². The van der Waals surface area contributed by atoms with Gasteiger partial charge in [-0.25, -0.2) is 4.98 Å². The Morgan fingerprint density at radius 3 is 2.62 bits per heavy atom. The van der Waals surface area contributed by atoms with Crippen molar-refractivity contribution in [2.45, 2.75) is 0 Å². The second-order valence-electron chi connectivity index (χ2n) is 3.16. The minimum atomic E-state index is 0.334. The number of para-hydroxylation sites is 1. The summed E-state index contributed by atoms with van der Waals surface area (Å²) >= 11 is 4.88. The van der Waals surface area contributed by atoms with Crippen molar-refractivity contribution in [1.82, 2.24) is 4.98 Å². The first-order valence-corrected chi connectivity index (χ1v) is 5.15. The molecule has 0 saturated heterocycles. The second-order valence-corrected chi connectivity index (χ2v) is 3.60. The molecule has 0 aliphatic carbocycles. The molecule has 16 heavy (non-hydrogen) atoms. The summed E-state index contributed by atoms with van der Waals surface area (Å²) in [6.45, 7) is 0. The lowest BCUT2D eigenvalue weighted by atomic mass is 10.3. The van der Waals surface area contributed by atoms with E-state index in [0.717, 1.165) is 11.3 Å². The first-order chi connectivity index (χ1) is 7.75. The number of hydrogen-bond acceptors (Lipinski definition) is 3. The molecular weight excluding hydrogens is 220 g/mol. The Morgan fingerprint density at radius 2 is 1.94 bits per heavy atom. The third-order valence-corrected chi connectivity index (χ3v) is 2.22. The van der Waals surface area contributed by atoms with Gasteiger partial charge in [0.1, 0.15) is 10.7 Å². The van der Waals surface area contributed by atoms with Gasteiger partial charge in [-0.1, -0.05) is 30.4 Å². The summed E-state index contributed by atoms with van der Waals surface area (Å²) in [5.41, 5.74) is 6.27. The molecule has 0 saturated carbocycles. The number of nitrogens with two attached hydrogens (primary N) is 1. The van der Waals surface area contributed by atoms with E-state index in [4.69, 9.17) is 22.7 Å². The monoisotopic (exact) mass is 230 g/mol. The van der Waals surface area contributed by atoms with Crippen LogP contribution in [0.3, 0.4) is 0 Å². The lowest BCUT2D eigenvalue weighted by molar-refractivity contribution is 0.463. The average Bonchev–Trinajstić information content (AvgIpc) is 2.30. The maximum Gasteiger partial charge on any atom is 0.219 e. The molecule has 0 aliphatic rings. The molecule has 80 valence electrons. The molecule has 1 aromatic carbocycles. The fourth-order valence-corrected chi connectivity index (χ4v) is 1.35.